The van der Waals surface area contributed by atoms with Crippen LogP contribution in [0, 0.1) is 6.92 Å². The highest BCUT2D eigenvalue weighted by Gasteiger charge is 2.24. The Morgan fingerprint density at radius 1 is 1.00 bits per heavy atom. The van der Waals surface area contributed by atoms with E-state index < -0.39 is 5.97 Å². The molecule has 2 aromatic carbocycles. The van der Waals surface area contributed by atoms with Crippen LogP contribution in [0.3, 0.4) is 0 Å². The van der Waals surface area contributed by atoms with Crippen molar-refractivity contribution in [1.82, 2.24) is 4.57 Å². The molecule has 32 heavy (non-hydrogen) atoms. The number of anilines is 1. The summed E-state index contributed by atoms with van der Waals surface area (Å²) in [4.78, 5) is 39.6. The number of amides is 1. The molecule has 164 valence electrons. The third-order valence-electron chi connectivity index (χ3n) is 5.48. The first-order chi connectivity index (χ1) is 15.5. The molecule has 0 spiro atoms. The van der Waals surface area contributed by atoms with Crippen LogP contribution in [-0.4, -0.2) is 23.1 Å². The number of aryl methyl sites for hydroxylation is 1. The molecule has 4 aromatic rings. The van der Waals surface area contributed by atoms with Crippen LogP contribution >= 0.6 is 11.3 Å². The van der Waals surface area contributed by atoms with Gasteiger partial charge in [-0.05, 0) is 50.1 Å². The summed E-state index contributed by atoms with van der Waals surface area (Å²) in [5, 5.41) is 4.54. The summed E-state index contributed by atoms with van der Waals surface area (Å²) in [5.74, 6) is -0.707. The number of hydrogen-bond donors (Lipinski definition) is 1. The second-order valence-corrected chi connectivity index (χ2v) is 8.64. The highest BCUT2D eigenvalue weighted by Crippen LogP contribution is 2.34. The van der Waals surface area contributed by atoms with Crippen molar-refractivity contribution >= 4 is 50.0 Å². The number of aromatic nitrogens is 1. The predicted octanol–water partition coefficient (Wildman–Crippen LogP) is 4.90. The number of esters is 1. The van der Waals surface area contributed by atoms with E-state index in [0.29, 0.717) is 38.8 Å². The lowest BCUT2D eigenvalue weighted by Gasteiger charge is -2.15. The van der Waals surface area contributed by atoms with Gasteiger partial charge in [-0.3, -0.25) is 9.59 Å². The molecule has 1 amide bonds. The summed E-state index contributed by atoms with van der Waals surface area (Å²) in [6, 6.07) is 14.5. The molecule has 1 N–H and O–H groups in total. The summed E-state index contributed by atoms with van der Waals surface area (Å²) >= 11 is 1.38. The van der Waals surface area contributed by atoms with Crippen LogP contribution in [0.5, 0.6) is 0 Å². The first-order valence-corrected chi connectivity index (χ1v) is 11.4. The Balaban J connectivity index is 1.76. The fraction of sp³-hybridized carbons (Fsp3) is 0.240. The van der Waals surface area contributed by atoms with E-state index in [1.165, 1.54) is 11.3 Å². The summed E-state index contributed by atoms with van der Waals surface area (Å²) < 4.78 is 7.07. The van der Waals surface area contributed by atoms with E-state index in [1.807, 2.05) is 54.8 Å². The quantitative estimate of drug-likeness (QED) is 0.336. The molecule has 4 rings (SSSR count). The van der Waals surface area contributed by atoms with Gasteiger partial charge in [-0.25, -0.2) is 4.79 Å². The van der Waals surface area contributed by atoms with Crippen LogP contribution in [0.2, 0.25) is 0 Å². The number of nitrogens with zero attached hydrogens (tertiary/aromatic N) is 1. The number of carbonyl (C=O) groups is 2. The molecular weight excluding hydrogens is 424 g/mol. The number of carbonyl (C=O) groups excluding carboxylic acids is 2. The van der Waals surface area contributed by atoms with Crippen molar-refractivity contribution < 1.29 is 14.3 Å². The highest BCUT2D eigenvalue weighted by atomic mass is 32.1. The van der Waals surface area contributed by atoms with E-state index in [9.17, 15) is 14.4 Å². The Labute approximate surface area is 189 Å². The zero-order chi connectivity index (χ0) is 22.8. The van der Waals surface area contributed by atoms with Gasteiger partial charge in [0.25, 0.3) is 0 Å². The monoisotopic (exact) mass is 448 g/mol. The van der Waals surface area contributed by atoms with E-state index >= 15 is 0 Å². The van der Waals surface area contributed by atoms with Crippen molar-refractivity contribution in [3.63, 3.8) is 0 Å². The van der Waals surface area contributed by atoms with E-state index in [4.69, 9.17) is 4.74 Å². The van der Waals surface area contributed by atoms with Crippen LogP contribution < -0.4 is 10.7 Å². The van der Waals surface area contributed by atoms with Gasteiger partial charge < -0.3 is 14.6 Å². The number of para-hydroxylation sites is 2. The average Bonchev–Trinajstić information content (AvgIpc) is 3.11. The Kier molecular flexibility index (Phi) is 6.10. The standard InChI is InChI=1S/C25H24N2O4S/c1-4-16-15(3)32-24(22(16)25(30)31-5-2)26-21(28)14-27-19-12-8-6-10-17(19)23(29)18-11-7-9-13-20(18)27/h6-13H,4-5,14H2,1-3H3,(H,26,28). The minimum atomic E-state index is -0.428. The van der Waals surface area contributed by atoms with Gasteiger partial charge in [-0.1, -0.05) is 31.2 Å². The van der Waals surface area contributed by atoms with Crippen molar-refractivity contribution in [2.24, 2.45) is 0 Å². The molecule has 0 saturated carbocycles. The fourth-order valence-corrected chi connectivity index (χ4v) is 5.22. The number of benzene rings is 2. The number of ether oxygens (including phenoxy) is 1. The summed E-state index contributed by atoms with van der Waals surface area (Å²) in [5.41, 5.74) is 2.64. The maximum absolute atomic E-state index is 13.1. The number of nitrogens with one attached hydrogen (secondary N) is 1. The lowest BCUT2D eigenvalue weighted by molar-refractivity contribution is -0.116. The first kappa shape index (κ1) is 21.8. The molecule has 0 aliphatic rings. The molecular formula is C25H24N2O4S. The molecule has 0 radical (unpaired) electrons. The Bertz CT molecular complexity index is 1340. The third kappa shape index (κ3) is 3.80. The molecule has 0 atom stereocenters. The number of hydrogen-bond acceptors (Lipinski definition) is 5. The number of rotatable bonds is 6. The smallest absolute Gasteiger partial charge is 0.341 e. The van der Waals surface area contributed by atoms with E-state index in [0.717, 1.165) is 10.4 Å². The van der Waals surface area contributed by atoms with Gasteiger partial charge in [0.15, 0.2) is 5.43 Å². The van der Waals surface area contributed by atoms with E-state index in [1.54, 1.807) is 19.1 Å². The van der Waals surface area contributed by atoms with Gasteiger partial charge in [-0.15, -0.1) is 11.3 Å². The molecule has 0 saturated heterocycles. The van der Waals surface area contributed by atoms with Gasteiger partial charge in [0.05, 0.1) is 23.2 Å². The van der Waals surface area contributed by atoms with Crippen molar-refractivity contribution in [2.45, 2.75) is 33.7 Å². The zero-order valence-corrected chi connectivity index (χ0v) is 19.0. The maximum atomic E-state index is 13.1. The second kappa shape index (κ2) is 8.96. The number of pyridine rings is 1. The van der Waals surface area contributed by atoms with Crippen molar-refractivity contribution in [1.29, 1.82) is 0 Å². The Morgan fingerprint density at radius 3 is 2.16 bits per heavy atom. The molecule has 0 aliphatic heterocycles. The molecule has 0 unspecified atom stereocenters. The van der Waals surface area contributed by atoms with Crippen molar-refractivity contribution in [3.05, 3.63) is 74.8 Å². The van der Waals surface area contributed by atoms with E-state index in [-0.39, 0.29) is 24.5 Å². The number of fused-ring (bicyclic) bond motifs is 2. The molecule has 6 nitrogen and oxygen atoms in total. The van der Waals surface area contributed by atoms with Crippen LogP contribution in [0.25, 0.3) is 21.8 Å². The topological polar surface area (TPSA) is 77.4 Å². The summed E-state index contributed by atoms with van der Waals surface area (Å²) in [6.45, 7) is 5.93. The van der Waals surface area contributed by atoms with Gasteiger partial charge in [0, 0.05) is 15.6 Å². The van der Waals surface area contributed by atoms with Gasteiger partial charge in [0.1, 0.15) is 11.5 Å². The SMILES string of the molecule is CCOC(=O)c1c(NC(=O)Cn2c3ccccc3c(=O)c3ccccc32)sc(C)c1CC. The van der Waals surface area contributed by atoms with Crippen molar-refractivity contribution in [2.75, 3.05) is 11.9 Å². The van der Waals surface area contributed by atoms with E-state index in [2.05, 4.69) is 5.32 Å². The van der Waals surface area contributed by atoms with Gasteiger partial charge in [-0.2, -0.15) is 0 Å². The van der Waals surface area contributed by atoms with Crippen molar-refractivity contribution in [3.8, 4) is 0 Å². The second-order valence-electron chi connectivity index (χ2n) is 7.41. The molecule has 7 heteroatoms. The third-order valence-corrected chi connectivity index (χ3v) is 6.54. The average molecular weight is 449 g/mol. The molecule has 0 bridgehead atoms. The Morgan fingerprint density at radius 2 is 1.59 bits per heavy atom. The van der Waals surface area contributed by atoms with Crippen LogP contribution in [0.1, 0.15) is 34.6 Å². The molecule has 0 fully saturated rings. The normalized spacial score (nSPS) is 11.1. The Hall–Kier alpha value is -3.45. The number of thiophene rings is 1. The van der Waals surface area contributed by atoms with Gasteiger partial charge >= 0.3 is 5.97 Å². The van der Waals surface area contributed by atoms with Crippen LogP contribution in [0.4, 0.5) is 5.00 Å². The minimum Gasteiger partial charge on any atom is -0.462 e. The predicted molar refractivity (Wildman–Crippen MR) is 129 cm³/mol. The van der Waals surface area contributed by atoms with Crippen LogP contribution in [-0.2, 0) is 22.5 Å². The van der Waals surface area contributed by atoms with Gasteiger partial charge in [0.2, 0.25) is 5.91 Å². The minimum absolute atomic E-state index is 0.00196. The highest BCUT2D eigenvalue weighted by molar-refractivity contribution is 7.16. The lowest BCUT2D eigenvalue weighted by atomic mass is 10.1. The molecule has 2 aromatic heterocycles. The zero-order valence-electron chi connectivity index (χ0n) is 18.2. The first-order valence-electron chi connectivity index (χ1n) is 10.6. The maximum Gasteiger partial charge on any atom is 0.341 e. The largest absolute Gasteiger partial charge is 0.462 e. The fourth-order valence-electron chi connectivity index (χ4n) is 4.07. The molecule has 2 heterocycles. The lowest BCUT2D eigenvalue weighted by Crippen LogP contribution is -2.22. The summed E-state index contributed by atoms with van der Waals surface area (Å²) in [6.07, 6.45) is 0.668. The summed E-state index contributed by atoms with van der Waals surface area (Å²) in [7, 11) is 0. The van der Waals surface area contributed by atoms with Crippen LogP contribution in [0.15, 0.2) is 53.3 Å². The molecule has 0 aliphatic carbocycles.